The number of phenolic OH excluding ortho intramolecular Hbond substituents is 2. The summed E-state index contributed by atoms with van der Waals surface area (Å²) in [4.78, 5) is 12.1. The van der Waals surface area contributed by atoms with Crippen LogP contribution in [0, 0.1) is 0 Å². The van der Waals surface area contributed by atoms with Gasteiger partial charge in [0, 0.05) is 44.9 Å². The maximum atomic E-state index is 12.1. The molecule has 0 saturated heterocycles. The van der Waals surface area contributed by atoms with E-state index in [0.29, 0.717) is 17.1 Å². The standard InChI is InChI=1S/C23H20O6/c1-27-21-11-5-4-10(23(26)29-3)8-12(11)22(28-2)20-14-9-13(19(20)21)17-15(24)6-7-16(25)18(14)17/h4-8,13-14,24-25H,9H2,1-3H3. The van der Waals surface area contributed by atoms with E-state index in [-0.39, 0.29) is 23.3 Å². The first-order valence-electron chi connectivity index (χ1n) is 9.36. The summed E-state index contributed by atoms with van der Waals surface area (Å²) in [5.41, 5.74) is 3.84. The molecule has 0 spiro atoms. The van der Waals surface area contributed by atoms with E-state index in [2.05, 4.69) is 0 Å². The summed E-state index contributed by atoms with van der Waals surface area (Å²) in [5, 5.41) is 22.6. The first-order valence-corrected chi connectivity index (χ1v) is 9.36. The molecule has 3 aromatic rings. The Balaban J connectivity index is 1.87. The number of phenols is 2. The van der Waals surface area contributed by atoms with Crippen LogP contribution in [-0.4, -0.2) is 37.5 Å². The highest BCUT2D eigenvalue weighted by atomic mass is 16.5. The van der Waals surface area contributed by atoms with E-state index in [1.54, 1.807) is 26.4 Å². The molecule has 0 aromatic heterocycles. The molecule has 148 valence electrons. The van der Waals surface area contributed by atoms with Gasteiger partial charge in [-0.2, -0.15) is 0 Å². The van der Waals surface area contributed by atoms with Crippen molar-refractivity contribution in [2.45, 2.75) is 18.3 Å². The molecule has 0 radical (unpaired) electrons. The van der Waals surface area contributed by atoms with E-state index in [0.717, 1.165) is 39.4 Å². The van der Waals surface area contributed by atoms with Crippen LogP contribution >= 0.6 is 0 Å². The summed E-state index contributed by atoms with van der Waals surface area (Å²) < 4.78 is 16.5. The normalized spacial score (nSPS) is 18.4. The lowest BCUT2D eigenvalue weighted by molar-refractivity contribution is 0.0601. The number of methoxy groups -OCH3 is 3. The molecule has 5 rings (SSSR count). The van der Waals surface area contributed by atoms with Crippen LogP contribution in [0.4, 0.5) is 0 Å². The summed E-state index contributed by atoms with van der Waals surface area (Å²) in [6.07, 6.45) is 0.725. The fourth-order valence-electron chi connectivity index (χ4n) is 5.18. The van der Waals surface area contributed by atoms with Crippen LogP contribution < -0.4 is 9.47 Å². The number of rotatable bonds is 3. The van der Waals surface area contributed by atoms with Gasteiger partial charge >= 0.3 is 5.97 Å². The maximum Gasteiger partial charge on any atom is 0.337 e. The Hall–Kier alpha value is -3.41. The third-order valence-electron chi connectivity index (χ3n) is 6.22. The number of fused-ring (bicyclic) bond motifs is 9. The van der Waals surface area contributed by atoms with Crippen molar-refractivity contribution in [3.05, 3.63) is 58.1 Å². The third kappa shape index (κ3) is 2.14. The van der Waals surface area contributed by atoms with Crippen molar-refractivity contribution in [2.75, 3.05) is 21.3 Å². The minimum absolute atomic E-state index is 0.0920. The number of esters is 1. The summed E-state index contributed by atoms with van der Waals surface area (Å²) in [6, 6.07) is 8.33. The van der Waals surface area contributed by atoms with Crippen molar-refractivity contribution in [3.63, 3.8) is 0 Å². The van der Waals surface area contributed by atoms with E-state index in [4.69, 9.17) is 14.2 Å². The van der Waals surface area contributed by atoms with Gasteiger partial charge in [0.2, 0.25) is 0 Å². The van der Waals surface area contributed by atoms with Crippen LogP contribution in [-0.2, 0) is 4.74 Å². The smallest absolute Gasteiger partial charge is 0.337 e. The Morgan fingerprint density at radius 1 is 0.828 bits per heavy atom. The Bertz CT molecular complexity index is 1200. The number of hydrogen-bond donors (Lipinski definition) is 2. The zero-order valence-electron chi connectivity index (χ0n) is 16.3. The summed E-state index contributed by atoms with van der Waals surface area (Å²) in [6.45, 7) is 0. The van der Waals surface area contributed by atoms with Crippen molar-refractivity contribution >= 4 is 16.7 Å². The molecule has 2 atom stereocenters. The Morgan fingerprint density at radius 2 is 1.38 bits per heavy atom. The van der Waals surface area contributed by atoms with Gasteiger partial charge in [0.05, 0.1) is 26.9 Å². The number of aromatic hydroxyl groups is 2. The second kappa shape index (κ2) is 6.04. The number of ether oxygens (including phenoxy) is 3. The van der Waals surface area contributed by atoms with Gasteiger partial charge < -0.3 is 24.4 Å². The van der Waals surface area contributed by atoms with Gasteiger partial charge in [0.15, 0.2) is 0 Å². The van der Waals surface area contributed by atoms with Crippen molar-refractivity contribution in [3.8, 4) is 23.0 Å². The predicted octanol–water partition coefficient (Wildman–Crippen LogP) is 4.04. The van der Waals surface area contributed by atoms with E-state index >= 15 is 0 Å². The molecule has 6 nitrogen and oxygen atoms in total. The molecule has 0 amide bonds. The summed E-state index contributed by atoms with van der Waals surface area (Å²) in [7, 11) is 4.56. The van der Waals surface area contributed by atoms with Crippen LogP contribution in [0.1, 0.15) is 50.9 Å². The lowest BCUT2D eigenvalue weighted by Gasteiger charge is -2.26. The highest BCUT2D eigenvalue weighted by Crippen LogP contribution is 2.66. The molecule has 6 heteroatoms. The zero-order chi connectivity index (χ0) is 20.4. The highest BCUT2D eigenvalue weighted by molar-refractivity contribution is 6.02. The van der Waals surface area contributed by atoms with Crippen LogP contribution in [0.15, 0.2) is 30.3 Å². The predicted molar refractivity (Wildman–Crippen MR) is 106 cm³/mol. The van der Waals surface area contributed by atoms with Crippen LogP contribution in [0.3, 0.4) is 0 Å². The fraction of sp³-hybridized carbons (Fsp3) is 0.261. The molecule has 0 fully saturated rings. The third-order valence-corrected chi connectivity index (χ3v) is 6.22. The second-order valence-corrected chi connectivity index (χ2v) is 7.42. The van der Waals surface area contributed by atoms with Gasteiger partial charge in [0.25, 0.3) is 0 Å². The molecule has 2 aliphatic carbocycles. The second-order valence-electron chi connectivity index (χ2n) is 7.42. The van der Waals surface area contributed by atoms with Gasteiger partial charge in [-0.3, -0.25) is 0 Å². The molecule has 0 aliphatic heterocycles. The van der Waals surface area contributed by atoms with Crippen LogP contribution in [0.2, 0.25) is 0 Å². The molecule has 0 saturated carbocycles. The van der Waals surface area contributed by atoms with Crippen molar-refractivity contribution in [1.29, 1.82) is 0 Å². The SMILES string of the molecule is COC(=O)c1ccc2c(OC)c3c(c(OC)c2c1)C1CC3c2c(O)ccc(O)c21. The largest absolute Gasteiger partial charge is 0.508 e. The Morgan fingerprint density at radius 3 is 1.90 bits per heavy atom. The molecule has 2 N–H and O–H groups in total. The topological polar surface area (TPSA) is 85.2 Å². The first kappa shape index (κ1) is 17.7. The minimum Gasteiger partial charge on any atom is -0.508 e. The van der Waals surface area contributed by atoms with Crippen molar-refractivity contribution in [1.82, 2.24) is 0 Å². The molecular formula is C23H20O6. The monoisotopic (exact) mass is 392 g/mol. The Labute approximate surface area is 167 Å². The number of carbonyl (C=O) groups excluding carboxylic acids is 1. The van der Waals surface area contributed by atoms with E-state index in [1.807, 2.05) is 6.07 Å². The molecule has 29 heavy (non-hydrogen) atoms. The van der Waals surface area contributed by atoms with Gasteiger partial charge in [-0.05, 0) is 36.8 Å². The lowest BCUT2D eigenvalue weighted by Crippen LogP contribution is -2.09. The summed E-state index contributed by atoms with van der Waals surface area (Å²) >= 11 is 0. The van der Waals surface area contributed by atoms with Gasteiger partial charge in [0.1, 0.15) is 23.0 Å². The zero-order valence-corrected chi connectivity index (χ0v) is 16.3. The first-order chi connectivity index (χ1) is 14.0. The molecule has 2 unspecified atom stereocenters. The van der Waals surface area contributed by atoms with Crippen LogP contribution in [0.25, 0.3) is 10.8 Å². The molecule has 0 heterocycles. The highest BCUT2D eigenvalue weighted by Gasteiger charge is 2.49. The van der Waals surface area contributed by atoms with Crippen molar-refractivity contribution in [2.24, 2.45) is 0 Å². The van der Waals surface area contributed by atoms with E-state index < -0.39 is 5.97 Å². The molecular weight excluding hydrogens is 372 g/mol. The van der Waals surface area contributed by atoms with Gasteiger partial charge in [-0.25, -0.2) is 4.79 Å². The summed E-state index contributed by atoms with van der Waals surface area (Å²) in [5.74, 6) is 1.06. The quantitative estimate of drug-likeness (QED) is 0.517. The average molecular weight is 392 g/mol. The van der Waals surface area contributed by atoms with Crippen molar-refractivity contribution < 1.29 is 29.2 Å². The number of carbonyl (C=O) groups is 1. The van der Waals surface area contributed by atoms with Crippen LogP contribution in [0.5, 0.6) is 23.0 Å². The van der Waals surface area contributed by atoms with E-state index in [9.17, 15) is 15.0 Å². The molecule has 3 aromatic carbocycles. The number of benzene rings is 3. The van der Waals surface area contributed by atoms with Gasteiger partial charge in [-0.1, -0.05) is 0 Å². The lowest BCUT2D eigenvalue weighted by atomic mass is 9.82. The number of hydrogen-bond acceptors (Lipinski definition) is 6. The van der Waals surface area contributed by atoms with Gasteiger partial charge in [-0.15, -0.1) is 0 Å². The molecule has 2 bridgehead atoms. The average Bonchev–Trinajstić information content (AvgIpc) is 3.31. The minimum atomic E-state index is -0.428. The maximum absolute atomic E-state index is 12.1. The fourth-order valence-corrected chi connectivity index (χ4v) is 5.18. The molecule has 2 aliphatic rings. The Kier molecular flexibility index (Phi) is 3.68. The van der Waals surface area contributed by atoms with E-state index in [1.165, 1.54) is 19.2 Å².